The number of hydrogen-bond acceptors (Lipinski definition) is 0. The van der Waals surface area contributed by atoms with Gasteiger partial charge in [-0.15, -0.1) is 0 Å². The van der Waals surface area contributed by atoms with Gasteiger partial charge in [0.05, 0.1) is 0 Å². The molecule has 0 nitrogen and oxygen atoms in total. The van der Waals surface area contributed by atoms with Gasteiger partial charge in [0.15, 0.2) is 0 Å². The number of aryl methyl sites for hydroxylation is 2. The van der Waals surface area contributed by atoms with Crippen LogP contribution in [0.5, 0.6) is 0 Å². The van der Waals surface area contributed by atoms with E-state index in [1.807, 2.05) is 0 Å². The maximum atomic E-state index is 3.73. The summed E-state index contributed by atoms with van der Waals surface area (Å²) in [4.78, 5) is 0. The standard InChI is InChI=1S/C24H37Si/c1-19-6-8-20(9-7-19)4-2-3-5-21-10-14-23(15-11-21)24-16-12-22(18-25)13-17-24/h6-9,21-24H,2-5,10-18H2,1H3. The molecule has 0 unspecified atom stereocenters. The largest absolute Gasteiger partial charge is 0.0609 e. The Morgan fingerprint density at radius 1 is 0.760 bits per heavy atom. The zero-order valence-electron chi connectivity index (χ0n) is 16.3. The fourth-order valence-electron chi connectivity index (χ4n) is 5.33. The molecule has 0 N–H and O–H groups in total. The molecule has 0 spiro atoms. The molecule has 2 aliphatic carbocycles. The molecule has 0 aliphatic heterocycles. The summed E-state index contributed by atoms with van der Waals surface area (Å²) in [6.07, 6.45) is 17.7. The monoisotopic (exact) mass is 353 g/mol. The van der Waals surface area contributed by atoms with E-state index in [0.717, 1.165) is 23.7 Å². The topological polar surface area (TPSA) is 0 Å². The normalized spacial score (nSPS) is 30.3. The van der Waals surface area contributed by atoms with Crippen LogP contribution >= 0.6 is 0 Å². The summed E-state index contributed by atoms with van der Waals surface area (Å²) in [6, 6.07) is 10.3. The van der Waals surface area contributed by atoms with Crippen molar-refractivity contribution in [3.63, 3.8) is 0 Å². The lowest BCUT2D eigenvalue weighted by Crippen LogP contribution is -2.25. The van der Waals surface area contributed by atoms with Gasteiger partial charge in [-0.05, 0) is 74.7 Å². The second-order valence-electron chi connectivity index (χ2n) is 9.00. The summed E-state index contributed by atoms with van der Waals surface area (Å²) < 4.78 is 0. The number of hydrogen-bond donors (Lipinski definition) is 0. The van der Waals surface area contributed by atoms with Crippen LogP contribution in [0.1, 0.15) is 81.8 Å². The summed E-state index contributed by atoms with van der Waals surface area (Å²) in [5.74, 6) is 4.14. The Balaban J connectivity index is 1.28. The van der Waals surface area contributed by atoms with E-state index in [4.69, 9.17) is 0 Å². The van der Waals surface area contributed by atoms with Crippen LogP contribution in [-0.2, 0) is 6.42 Å². The van der Waals surface area contributed by atoms with Crippen molar-refractivity contribution in [3.05, 3.63) is 35.4 Å². The van der Waals surface area contributed by atoms with Gasteiger partial charge < -0.3 is 0 Å². The van der Waals surface area contributed by atoms with Crippen molar-refractivity contribution in [2.24, 2.45) is 23.7 Å². The predicted octanol–water partition coefficient (Wildman–Crippen LogP) is 6.91. The van der Waals surface area contributed by atoms with E-state index in [-0.39, 0.29) is 0 Å². The van der Waals surface area contributed by atoms with Crippen molar-refractivity contribution in [1.82, 2.24) is 0 Å². The molecule has 25 heavy (non-hydrogen) atoms. The number of unbranched alkanes of at least 4 members (excludes halogenated alkanes) is 1. The Hall–Kier alpha value is -0.563. The Morgan fingerprint density at radius 2 is 1.32 bits per heavy atom. The lowest BCUT2D eigenvalue weighted by Gasteiger charge is -2.37. The Kier molecular flexibility index (Phi) is 7.64. The highest BCUT2D eigenvalue weighted by molar-refractivity contribution is 6.08. The first-order valence-corrected chi connectivity index (χ1v) is 11.7. The molecule has 1 heteroatoms. The van der Waals surface area contributed by atoms with Crippen molar-refractivity contribution in [2.45, 2.75) is 90.0 Å². The van der Waals surface area contributed by atoms with Gasteiger partial charge in [0.1, 0.15) is 0 Å². The van der Waals surface area contributed by atoms with Crippen LogP contribution in [0, 0.1) is 30.6 Å². The molecule has 1 aromatic carbocycles. The fourth-order valence-corrected chi connectivity index (χ4v) is 5.74. The van der Waals surface area contributed by atoms with Crippen molar-refractivity contribution >= 4 is 10.2 Å². The van der Waals surface area contributed by atoms with Gasteiger partial charge in [0, 0.05) is 10.2 Å². The van der Waals surface area contributed by atoms with Crippen molar-refractivity contribution in [1.29, 1.82) is 0 Å². The first-order valence-electron chi connectivity index (χ1n) is 10.9. The molecular weight excluding hydrogens is 316 g/mol. The number of benzene rings is 1. The van der Waals surface area contributed by atoms with Gasteiger partial charge >= 0.3 is 0 Å². The molecule has 0 aromatic heterocycles. The molecule has 137 valence electrons. The third kappa shape index (κ3) is 5.98. The zero-order valence-corrected chi connectivity index (χ0v) is 17.3. The molecule has 1 aromatic rings. The summed E-state index contributed by atoms with van der Waals surface area (Å²) in [7, 11) is 3.73. The molecule has 0 bridgehead atoms. The molecule has 2 saturated carbocycles. The first-order chi connectivity index (χ1) is 12.2. The van der Waals surface area contributed by atoms with Crippen LogP contribution < -0.4 is 0 Å². The van der Waals surface area contributed by atoms with E-state index in [9.17, 15) is 0 Å². The minimum absolute atomic E-state index is 0.970. The molecule has 0 saturated heterocycles. The van der Waals surface area contributed by atoms with Crippen LogP contribution in [0.2, 0.25) is 6.04 Å². The summed E-state index contributed by atoms with van der Waals surface area (Å²) >= 11 is 0. The summed E-state index contributed by atoms with van der Waals surface area (Å²) in [5, 5.41) is 0. The second-order valence-corrected chi connectivity index (χ2v) is 9.41. The van der Waals surface area contributed by atoms with Crippen LogP contribution in [0.4, 0.5) is 0 Å². The second kappa shape index (κ2) is 9.95. The fraction of sp³-hybridized carbons (Fsp3) is 0.750. The molecule has 2 aliphatic rings. The van der Waals surface area contributed by atoms with Crippen molar-refractivity contribution < 1.29 is 0 Å². The number of rotatable bonds is 7. The molecule has 0 amide bonds. The van der Waals surface area contributed by atoms with E-state index < -0.39 is 0 Å². The van der Waals surface area contributed by atoms with Gasteiger partial charge in [-0.1, -0.05) is 74.4 Å². The molecule has 2 fully saturated rings. The Labute approximate surface area is 159 Å². The maximum absolute atomic E-state index is 3.73. The van der Waals surface area contributed by atoms with E-state index in [1.54, 1.807) is 0 Å². The van der Waals surface area contributed by atoms with Crippen molar-refractivity contribution in [2.75, 3.05) is 0 Å². The van der Waals surface area contributed by atoms with Gasteiger partial charge in [-0.25, -0.2) is 0 Å². The zero-order chi connectivity index (χ0) is 17.5. The van der Waals surface area contributed by atoms with Gasteiger partial charge in [-0.3, -0.25) is 0 Å². The third-order valence-corrected chi connectivity index (χ3v) is 7.76. The minimum Gasteiger partial charge on any atom is -0.0609 e. The molecular formula is C24H37Si. The smallest absolute Gasteiger partial charge is 0.0225 e. The van der Waals surface area contributed by atoms with Gasteiger partial charge in [-0.2, -0.15) is 0 Å². The lowest BCUT2D eigenvalue weighted by atomic mass is 9.69. The lowest BCUT2D eigenvalue weighted by molar-refractivity contribution is 0.147. The van der Waals surface area contributed by atoms with Crippen molar-refractivity contribution in [3.8, 4) is 0 Å². The highest BCUT2D eigenvalue weighted by atomic mass is 28.1. The van der Waals surface area contributed by atoms with Crippen LogP contribution in [0.3, 0.4) is 0 Å². The molecule has 0 atom stereocenters. The Morgan fingerprint density at radius 3 is 1.88 bits per heavy atom. The third-order valence-electron chi connectivity index (χ3n) is 7.19. The molecule has 3 radical (unpaired) electrons. The quantitative estimate of drug-likeness (QED) is 0.369. The van der Waals surface area contributed by atoms with E-state index in [1.165, 1.54) is 94.2 Å². The van der Waals surface area contributed by atoms with Crippen LogP contribution in [-0.4, -0.2) is 10.2 Å². The highest BCUT2D eigenvalue weighted by Gasteiger charge is 2.30. The first kappa shape index (κ1) is 19.2. The van der Waals surface area contributed by atoms with Crippen LogP contribution in [0.15, 0.2) is 24.3 Å². The predicted molar refractivity (Wildman–Crippen MR) is 110 cm³/mol. The van der Waals surface area contributed by atoms with Gasteiger partial charge in [0.2, 0.25) is 0 Å². The summed E-state index contributed by atoms with van der Waals surface area (Å²) in [5.41, 5.74) is 2.90. The SMILES string of the molecule is Cc1ccc(CCCCC2CCC(C3CCC(C[Si])CC3)CC2)cc1. The molecule has 0 heterocycles. The molecule has 3 rings (SSSR count). The van der Waals surface area contributed by atoms with E-state index in [2.05, 4.69) is 41.4 Å². The average molecular weight is 354 g/mol. The van der Waals surface area contributed by atoms with Gasteiger partial charge in [0.25, 0.3) is 0 Å². The van der Waals surface area contributed by atoms with E-state index in [0.29, 0.717) is 0 Å². The van der Waals surface area contributed by atoms with E-state index >= 15 is 0 Å². The Bertz CT molecular complexity index is 475. The van der Waals surface area contributed by atoms with Crippen LogP contribution in [0.25, 0.3) is 0 Å². The maximum Gasteiger partial charge on any atom is 0.0225 e. The average Bonchev–Trinajstić information content (AvgIpc) is 2.67. The summed E-state index contributed by atoms with van der Waals surface area (Å²) in [6.45, 7) is 2.17. The minimum atomic E-state index is 0.970. The highest BCUT2D eigenvalue weighted by Crippen LogP contribution is 2.42.